The van der Waals surface area contributed by atoms with Gasteiger partial charge < -0.3 is 10.3 Å². The van der Waals surface area contributed by atoms with Crippen LogP contribution in [-0.4, -0.2) is 44.7 Å². The number of aryl methyl sites for hydroxylation is 1. The third kappa shape index (κ3) is 3.66. The number of aromatic amines is 1. The molecule has 2 aromatic heterocycles. The Morgan fingerprint density at radius 3 is 2.89 bits per heavy atom. The molecule has 0 saturated carbocycles. The van der Waals surface area contributed by atoms with Crippen molar-refractivity contribution in [1.29, 1.82) is 0 Å². The number of hydrogen-bond donors (Lipinski definition) is 2. The fourth-order valence-corrected chi connectivity index (χ4v) is 3.71. The molecule has 1 amide bonds. The molecule has 1 aliphatic heterocycles. The van der Waals surface area contributed by atoms with Gasteiger partial charge in [-0.15, -0.1) is 0 Å². The van der Waals surface area contributed by atoms with Crippen LogP contribution in [0.4, 0.5) is 0 Å². The molecule has 0 aliphatic carbocycles. The molecular weight excluding hydrogens is 338 g/mol. The molecule has 140 valence electrons. The van der Waals surface area contributed by atoms with E-state index in [1.54, 1.807) is 17.1 Å². The Morgan fingerprint density at radius 1 is 1.30 bits per heavy atom. The maximum Gasteiger partial charge on any atom is 0.253 e. The number of H-pyrrole nitrogens is 1. The molecule has 1 aromatic carbocycles. The highest BCUT2D eigenvalue weighted by Crippen LogP contribution is 2.23. The molecule has 1 unspecified atom stereocenters. The number of rotatable bonds is 5. The quantitative estimate of drug-likeness (QED) is 0.732. The van der Waals surface area contributed by atoms with Gasteiger partial charge in [-0.05, 0) is 24.5 Å². The highest BCUT2D eigenvalue weighted by Gasteiger charge is 2.21. The normalized spacial score (nSPS) is 15.3. The van der Waals surface area contributed by atoms with E-state index in [2.05, 4.69) is 51.5 Å². The third-order valence-corrected chi connectivity index (χ3v) is 5.35. The van der Waals surface area contributed by atoms with Crippen LogP contribution >= 0.6 is 0 Å². The highest BCUT2D eigenvalue weighted by atomic mass is 16.1. The second-order valence-corrected chi connectivity index (χ2v) is 7.23. The van der Waals surface area contributed by atoms with Crippen LogP contribution in [0.2, 0.25) is 0 Å². The fourth-order valence-electron chi connectivity index (χ4n) is 3.71. The van der Waals surface area contributed by atoms with E-state index in [4.69, 9.17) is 0 Å². The minimum absolute atomic E-state index is 0.0561. The molecule has 0 saturated heterocycles. The number of carbonyl (C=O) groups excluding carboxylic acids is 1. The summed E-state index contributed by atoms with van der Waals surface area (Å²) in [5.41, 5.74) is 5.30. The molecule has 4 rings (SSSR count). The van der Waals surface area contributed by atoms with E-state index >= 15 is 0 Å². The van der Waals surface area contributed by atoms with Gasteiger partial charge in [0.15, 0.2) is 0 Å². The van der Waals surface area contributed by atoms with Crippen LogP contribution in [0.3, 0.4) is 0 Å². The summed E-state index contributed by atoms with van der Waals surface area (Å²) in [6.45, 7) is 4.77. The molecule has 0 fully saturated rings. The van der Waals surface area contributed by atoms with Gasteiger partial charge in [-0.25, -0.2) is 0 Å². The standard InChI is InChI=1S/C21H25N5O/c1-15(26-8-7-16-5-3-4-6-17(16)14-26)9-23-21(27)20-12-22-11-19(20)18-10-24-25(2)13-18/h3-6,10-13,15,22H,7-9,14H2,1-2H3,(H,23,27). The topological polar surface area (TPSA) is 66.0 Å². The SMILES string of the molecule is CC(CNC(=O)c1c[nH]cc1-c1cnn(C)c1)N1CCc2ccccc2C1. The van der Waals surface area contributed by atoms with E-state index in [1.807, 2.05) is 19.4 Å². The van der Waals surface area contributed by atoms with Gasteiger partial charge in [-0.1, -0.05) is 24.3 Å². The molecular formula is C21H25N5O. The molecule has 0 radical (unpaired) electrons. The average Bonchev–Trinajstić information content (AvgIpc) is 3.34. The lowest BCUT2D eigenvalue weighted by Gasteiger charge is -2.33. The largest absolute Gasteiger partial charge is 0.366 e. The molecule has 27 heavy (non-hydrogen) atoms. The van der Waals surface area contributed by atoms with Gasteiger partial charge in [0, 0.05) is 62.4 Å². The Kier molecular flexibility index (Phi) is 4.81. The van der Waals surface area contributed by atoms with Crippen molar-refractivity contribution in [3.63, 3.8) is 0 Å². The van der Waals surface area contributed by atoms with Gasteiger partial charge >= 0.3 is 0 Å². The summed E-state index contributed by atoms with van der Waals surface area (Å²) in [4.78, 5) is 18.2. The van der Waals surface area contributed by atoms with Crippen LogP contribution in [0.15, 0.2) is 49.1 Å². The number of hydrogen-bond acceptors (Lipinski definition) is 3. The maximum atomic E-state index is 12.7. The Balaban J connectivity index is 1.38. The van der Waals surface area contributed by atoms with Gasteiger partial charge in [0.1, 0.15) is 0 Å². The monoisotopic (exact) mass is 363 g/mol. The van der Waals surface area contributed by atoms with Gasteiger partial charge in [0.2, 0.25) is 0 Å². The first-order valence-electron chi connectivity index (χ1n) is 9.36. The number of nitrogens with zero attached hydrogens (tertiary/aromatic N) is 3. The summed E-state index contributed by atoms with van der Waals surface area (Å²) in [5, 5.41) is 7.29. The van der Waals surface area contributed by atoms with E-state index in [-0.39, 0.29) is 11.9 Å². The van der Waals surface area contributed by atoms with Crippen molar-refractivity contribution < 1.29 is 4.79 Å². The van der Waals surface area contributed by atoms with Crippen molar-refractivity contribution in [2.24, 2.45) is 7.05 Å². The van der Waals surface area contributed by atoms with Crippen LogP contribution in [0.5, 0.6) is 0 Å². The lowest BCUT2D eigenvalue weighted by molar-refractivity contribution is 0.0933. The van der Waals surface area contributed by atoms with E-state index in [0.717, 1.165) is 30.6 Å². The first-order valence-corrected chi connectivity index (χ1v) is 9.36. The average molecular weight is 363 g/mol. The minimum atomic E-state index is -0.0561. The molecule has 3 heterocycles. The Hall–Kier alpha value is -2.86. The van der Waals surface area contributed by atoms with Crippen LogP contribution in [0, 0.1) is 0 Å². The van der Waals surface area contributed by atoms with Crippen LogP contribution in [-0.2, 0) is 20.0 Å². The number of benzene rings is 1. The summed E-state index contributed by atoms with van der Waals surface area (Å²) in [6.07, 6.45) is 8.34. The van der Waals surface area contributed by atoms with Crippen molar-refractivity contribution in [3.8, 4) is 11.1 Å². The number of nitrogens with one attached hydrogen (secondary N) is 2. The van der Waals surface area contributed by atoms with Gasteiger partial charge in [-0.3, -0.25) is 14.4 Å². The fraction of sp³-hybridized carbons (Fsp3) is 0.333. The van der Waals surface area contributed by atoms with E-state index < -0.39 is 0 Å². The number of carbonyl (C=O) groups is 1. The number of fused-ring (bicyclic) bond motifs is 1. The molecule has 6 nitrogen and oxygen atoms in total. The van der Waals surface area contributed by atoms with E-state index in [0.29, 0.717) is 12.1 Å². The molecule has 1 atom stereocenters. The molecule has 2 N–H and O–H groups in total. The molecule has 0 spiro atoms. The first-order chi connectivity index (χ1) is 13.1. The summed E-state index contributed by atoms with van der Waals surface area (Å²) in [7, 11) is 1.87. The molecule has 6 heteroatoms. The van der Waals surface area contributed by atoms with Crippen LogP contribution in [0.1, 0.15) is 28.4 Å². The zero-order valence-corrected chi connectivity index (χ0v) is 15.8. The molecule has 1 aliphatic rings. The summed E-state index contributed by atoms with van der Waals surface area (Å²) < 4.78 is 1.74. The van der Waals surface area contributed by atoms with Gasteiger partial charge in [0.05, 0.1) is 11.8 Å². The lowest BCUT2D eigenvalue weighted by Crippen LogP contribution is -2.44. The Labute approximate surface area is 159 Å². The number of aromatic nitrogens is 3. The predicted octanol–water partition coefficient (Wildman–Crippen LogP) is 2.59. The minimum Gasteiger partial charge on any atom is -0.366 e. The zero-order valence-electron chi connectivity index (χ0n) is 15.8. The first kappa shape index (κ1) is 17.5. The Morgan fingerprint density at radius 2 is 2.11 bits per heavy atom. The second kappa shape index (κ2) is 7.40. The second-order valence-electron chi connectivity index (χ2n) is 7.23. The van der Waals surface area contributed by atoms with Crippen molar-refractivity contribution >= 4 is 5.91 Å². The zero-order chi connectivity index (χ0) is 18.8. The highest BCUT2D eigenvalue weighted by molar-refractivity contribution is 6.00. The van der Waals surface area contributed by atoms with Crippen molar-refractivity contribution in [1.82, 2.24) is 25.0 Å². The van der Waals surface area contributed by atoms with Crippen LogP contribution < -0.4 is 5.32 Å². The Bertz CT molecular complexity index is 941. The van der Waals surface area contributed by atoms with Gasteiger partial charge in [0.25, 0.3) is 5.91 Å². The van der Waals surface area contributed by atoms with Crippen molar-refractivity contribution in [2.75, 3.05) is 13.1 Å². The summed E-state index contributed by atoms with van der Waals surface area (Å²) in [5.74, 6) is -0.0561. The van der Waals surface area contributed by atoms with Crippen LogP contribution in [0.25, 0.3) is 11.1 Å². The number of amides is 1. The van der Waals surface area contributed by atoms with Crippen molar-refractivity contribution in [2.45, 2.75) is 25.9 Å². The maximum absolute atomic E-state index is 12.7. The molecule has 0 bridgehead atoms. The summed E-state index contributed by atoms with van der Waals surface area (Å²) in [6, 6.07) is 8.90. The third-order valence-electron chi connectivity index (χ3n) is 5.35. The van der Waals surface area contributed by atoms with E-state index in [9.17, 15) is 4.79 Å². The van der Waals surface area contributed by atoms with Gasteiger partial charge in [-0.2, -0.15) is 5.10 Å². The summed E-state index contributed by atoms with van der Waals surface area (Å²) >= 11 is 0. The lowest BCUT2D eigenvalue weighted by atomic mass is 9.99. The van der Waals surface area contributed by atoms with E-state index in [1.165, 1.54) is 11.1 Å². The smallest absolute Gasteiger partial charge is 0.253 e. The predicted molar refractivity (Wildman–Crippen MR) is 105 cm³/mol. The van der Waals surface area contributed by atoms with Crippen molar-refractivity contribution in [3.05, 3.63) is 65.7 Å². The molecule has 3 aromatic rings.